The van der Waals surface area contributed by atoms with E-state index in [9.17, 15) is 14.8 Å². The molecule has 0 aliphatic heterocycles. The second-order valence-electron chi connectivity index (χ2n) is 3.05. The van der Waals surface area contributed by atoms with E-state index in [1.807, 2.05) is 0 Å². The lowest BCUT2D eigenvalue weighted by molar-refractivity contribution is -0.711. The molecule has 0 aliphatic carbocycles. The van der Waals surface area contributed by atoms with Gasteiger partial charge in [0.15, 0.2) is 6.54 Å². The fourth-order valence-electron chi connectivity index (χ4n) is 0.925. The van der Waals surface area contributed by atoms with Gasteiger partial charge in [-0.05, 0) is 0 Å². The Bertz CT molecular complexity index is 321. The molecule has 0 fully saturated rings. The van der Waals surface area contributed by atoms with Gasteiger partial charge in [-0.15, -0.1) is 5.01 Å². The molecule has 3 N–H and O–H groups in total. The highest BCUT2D eigenvalue weighted by molar-refractivity contribution is 5.71. The SMILES string of the molecule is COC(=O)CN(N)CN(CC(=O)OC)[N+]([O-])=NO. The van der Waals surface area contributed by atoms with Crippen LogP contribution < -0.4 is 5.84 Å². The quantitative estimate of drug-likeness (QED) is 0.134. The monoisotopic (exact) mass is 265 g/mol. The van der Waals surface area contributed by atoms with Crippen LogP contribution >= 0.6 is 0 Å². The second-order valence-corrected chi connectivity index (χ2v) is 3.05. The van der Waals surface area contributed by atoms with Gasteiger partial charge >= 0.3 is 11.9 Å². The van der Waals surface area contributed by atoms with Gasteiger partial charge in [0.1, 0.15) is 13.2 Å². The van der Waals surface area contributed by atoms with Gasteiger partial charge in [0.25, 0.3) is 0 Å². The zero-order valence-electron chi connectivity index (χ0n) is 9.98. The Morgan fingerprint density at radius 2 is 1.83 bits per heavy atom. The van der Waals surface area contributed by atoms with Crippen LogP contribution in [0.5, 0.6) is 0 Å². The van der Waals surface area contributed by atoms with Gasteiger partial charge in [-0.25, -0.2) is 9.80 Å². The topological polar surface area (TPSA) is 144 Å². The lowest BCUT2D eigenvalue weighted by Crippen LogP contribution is -2.48. The molecule has 11 nitrogen and oxygen atoms in total. The fourth-order valence-corrected chi connectivity index (χ4v) is 0.925. The third kappa shape index (κ3) is 5.81. The number of rotatable bonds is 7. The molecule has 0 aliphatic rings. The maximum absolute atomic E-state index is 11.1. The summed E-state index contributed by atoms with van der Waals surface area (Å²) in [6.07, 6.45) is 0. The van der Waals surface area contributed by atoms with Crippen LogP contribution in [0, 0.1) is 5.21 Å². The van der Waals surface area contributed by atoms with E-state index in [0.717, 1.165) is 12.1 Å². The molecule has 0 rings (SSSR count). The fraction of sp³-hybridized carbons (Fsp3) is 0.714. The summed E-state index contributed by atoms with van der Waals surface area (Å²) >= 11 is 0. The Morgan fingerprint density at radius 3 is 2.28 bits per heavy atom. The van der Waals surface area contributed by atoms with Crippen molar-refractivity contribution in [2.75, 3.05) is 34.0 Å². The van der Waals surface area contributed by atoms with Crippen LogP contribution in [-0.2, 0) is 19.1 Å². The third-order valence-electron chi connectivity index (χ3n) is 1.76. The van der Waals surface area contributed by atoms with Crippen molar-refractivity contribution in [1.29, 1.82) is 0 Å². The lowest BCUT2D eigenvalue weighted by atomic mass is 10.6. The van der Waals surface area contributed by atoms with Crippen LogP contribution in [0.2, 0.25) is 0 Å². The van der Waals surface area contributed by atoms with Gasteiger partial charge in [-0.1, -0.05) is 0 Å². The first-order chi connectivity index (χ1) is 8.44. The second kappa shape index (κ2) is 8.03. The van der Waals surface area contributed by atoms with E-state index in [4.69, 9.17) is 11.0 Å². The van der Waals surface area contributed by atoms with Crippen molar-refractivity contribution in [2.24, 2.45) is 11.1 Å². The molecular weight excluding hydrogens is 250 g/mol. The smallest absolute Gasteiger partial charge is 0.331 e. The van der Waals surface area contributed by atoms with Crippen LogP contribution in [0.3, 0.4) is 0 Å². The molecule has 0 radical (unpaired) electrons. The van der Waals surface area contributed by atoms with E-state index in [1.165, 1.54) is 7.11 Å². The summed E-state index contributed by atoms with van der Waals surface area (Å²) in [5.41, 5.74) is 0. The molecule has 0 aromatic rings. The van der Waals surface area contributed by atoms with E-state index >= 15 is 0 Å². The summed E-state index contributed by atoms with van der Waals surface area (Å²) < 4.78 is 8.69. The average molecular weight is 265 g/mol. The molecule has 0 spiro atoms. The first-order valence-electron chi connectivity index (χ1n) is 4.65. The number of methoxy groups -OCH3 is 2. The van der Waals surface area contributed by atoms with Gasteiger partial charge < -0.3 is 19.9 Å². The Balaban J connectivity index is 4.49. The summed E-state index contributed by atoms with van der Waals surface area (Å²) in [4.78, 5) is 21.6. The number of nitrogens with zero attached hydrogens (tertiary/aromatic N) is 4. The van der Waals surface area contributed by atoms with Crippen molar-refractivity contribution in [3.63, 3.8) is 0 Å². The number of carbonyl (C=O) groups excluding carboxylic acids is 2. The van der Waals surface area contributed by atoms with Gasteiger partial charge in [-0.2, -0.15) is 0 Å². The summed E-state index contributed by atoms with van der Waals surface area (Å²) in [6, 6.07) is 0. The van der Waals surface area contributed by atoms with Crippen molar-refractivity contribution in [2.45, 2.75) is 0 Å². The molecule has 104 valence electrons. The summed E-state index contributed by atoms with van der Waals surface area (Å²) in [7, 11) is 2.30. The van der Waals surface area contributed by atoms with Crippen LogP contribution in [0.25, 0.3) is 0 Å². The molecule has 0 amide bonds. The van der Waals surface area contributed by atoms with Gasteiger partial charge in [-0.3, -0.25) is 10.6 Å². The largest absolute Gasteiger partial charge is 0.569 e. The molecule has 0 heterocycles. The molecule has 0 atom stereocenters. The highest BCUT2D eigenvalue weighted by Gasteiger charge is 2.21. The van der Waals surface area contributed by atoms with E-state index in [0.29, 0.717) is 5.01 Å². The highest BCUT2D eigenvalue weighted by atomic mass is 16.6. The zero-order valence-corrected chi connectivity index (χ0v) is 9.98. The number of ether oxygens (including phenoxy) is 2. The van der Waals surface area contributed by atoms with Crippen LogP contribution in [0.15, 0.2) is 5.28 Å². The van der Waals surface area contributed by atoms with Crippen molar-refractivity contribution in [1.82, 2.24) is 10.0 Å². The van der Waals surface area contributed by atoms with Crippen LogP contribution in [0.4, 0.5) is 0 Å². The molecule has 0 saturated carbocycles. The van der Waals surface area contributed by atoms with Crippen LogP contribution in [-0.4, -0.2) is 66.1 Å². The summed E-state index contributed by atoms with van der Waals surface area (Å²) in [5, 5.41) is 23.3. The van der Waals surface area contributed by atoms with E-state index in [1.54, 1.807) is 0 Å². The van der Waals surface area contributed by atoms with Crippen LogP contribution in [0.1, 0.15) is 0 Å². The Labute approximate surface area is 102 Å². The molecule has 0 aromatic carbocycles. The third-order valence-corrected chi connectivity index (χ3v) is 1.76. The molecule has 0 saturated heterocycles. The highest BCUT2D eigenvalue weighted by Crippen LogP contribution is 1.94. The normalized spacial score (nSPS) is 11.2. The number of carbonyl (C=O) groups is 2. The molecule has 0 bridgehead atoms. The van der Waals surface area contributed by atoms with Gasteiger partial charge in [0, 0.05) is 0 Å². The Morgan fingerprint density at radius 1 is 1.33 bits per heavy atom. The average Bonchev–Trinajstić information content (AvgIpc) is 2.36. The first-order valence-corrected chi connectivity index (χ1v) is 4.65. The zero-order chi connectivity index (χ0) is 14.1. The number of hydrazine groups is 2. The van der Waals surface area contributed by atoms with E-state index in [2.05, 4.69) is 14.8 Å². The van der Waals surface area contributed by atoms with Gasteiger partial charge in [0.2, 0.25) is 5.28 Å². The van der Waals surface area contributed by atoms with Crippen molar-refractivity contribution in [3.05, 3.63) is 5.21 Å². The predicted octanol–water partition coefficient (Wildman–Crippen LogP) is -1.97. The molecular formula is C7H15N5O6. The van der Waals surface area contributed by atoms with Crippen molar-refractivity contribution < 1.29 is 29.2 Å². The standard InChI is InChI=1S/C7H15N5O6/c1-17-6(13)3-10(8)5-11(12(16)9-15)4-7(14)18-2/h15H,3-5,8H2,1-2H3. The summed E-state index contributed by atoms with van der Waals surface area (Å²) in [6.45, 7) is -1.16. The summed E-state index contributed by atoms with van der Waals surface area (Å²) in [5.74, 6) is 4.04. The minimum absolute atomic E-state index is 0.256. The van der Waals surface area contributed by atoms with E-state index in [-0.39, 0.29) is 18.2 Å². The number of esters is 2. The van der Waals surface area contributed by atoms with Gasteiger partial charge in [0.05, 0.1) is 19.2 Å². The molecule has 11 heteroatoms. The molecule has 0 unspecified atom stereocenters. The predicted molar refractivity (Wildman–Crippen MR) is 54.3 cm³/mol. The maximum Gasteiger partial charge on any atom is 0.331 e. The first kappa shape index (κ1) is 15.9. The lowest BCUT2D eigenvalue weighted by Gasteiger charge is -2.21. The Hall–Kier alpha value is -2.14. The Kier molecular flexibility index (Phi) is 7.07. The number of hydrogen-bond acceptors (Lipinski definition) is 8. The molecule has 18 heavy (non-hydrogen) atoms. The minimum atomic E-state index is -0.744. The van der Waals surface area contributed by atoms with E-state index < -0.39 is 18.5 Å². The van der Waals surface area contributed by atoms with Crippen molar-refractivity contribution >= 4 is 11.9 Å². The van der Waals surface area contributed by atoms with Crippen molar-refractivity contribution in [3.8, 4) is 0 Å². The maximum atomic E-state index is 11.1. The minimum Gasteiger partial charge on any atom is -0.569 e. The number of nitrogens with two attached hydrogens (primary N) is 1. The number of hydrogen-bond donors (Lipinski definition) is 2. The molecule has 0 aromatic heterocycles.